The number of Topliss-reactive ketones (excluding diaryl/α,β-unsaturated/α-hetero) is 1. The number of ether oxygens (including phenoxy) is 2. The van der Waals surface area contributed by atoms with Gasteiger partial charge in [0.15, 0.2) is 5.75 Å². The number of aromatic nitrogens is 2. The summed E-state index contributed by atoms with van der Waals surface area (Å²) in [5.74, 6) is 0.783. The van der Waals surface area contributed by atoms with Gasteiger partial charge in [-0.3, -0.25) is 9.48 Å². The highest BCUT2D eigenvalue weighted by atomic mass is 16.5. The number of carbonyl (C=O) groups is 1. The van der Waals surface area contributed by atoms with Crippen molar-refractivity contribution in [1.82, 2.24) is 9.78 Å². The molecule has 1 aliphatic heterocycles. The van der Waals surface area contributed by atoms with Gasteiger partial charge in [0.05, 0.1) is 13.3 Å². The van der Waals surface area contributed by atoms with E-state index in [1.807, 2.05) is 6.92 Å². The van der Waals surface area contributed by atoms with Crippen molar-refractivity contribution in [3.05, 3.63) is 11.9 Å². The number of ketones is 1. The van der Waals surface area contributed by atoms with Crippen LogP contribution >= 0.6 is 0 Å². The van der Waals surface area contributed by atoms with Crippen LogP contribution in [0.4, 0.5) is 0 Å². The maximum absolute atomic E-state index is 12.5. The van der Waals surface area contributed by atoms with E-state index in [0.717, 1.165) is 12.8 Å². The monoisotopic (exact) mass is 252 g/mol. The molecule has 0 N–H and O–H groups in total. The van der Waals surface area contributed by atoms with E-state index in [2.05, 4.69) is 12.0 Å². The number of aryl methyl sites for hydroxylation is 1. The molecule has 1 saturated heterocycles. The lowest BCUT2D eigenvalue weighted by Gasteiger charge is -2.15. The molecule has 5 heteroatoms. The van der Waals surface area contributed by atoms with Gasteiger partial charge in [-0.1, -0.05) is 13.8 Å². The number of nitrogens with zero attached hydrogens (tertiary/aromatic N) is 2. The van der Waals surface area contributed by atoms with Crippen LogP contribution in [0.3, 0.4) is 0 Å². The Labute approximate surface area is 107 Å². The van der Waals surface area contributed by atoms with Crippen molar-refractivity contribution in [2.75, 3.05) is 13.7 Å². The Bertz CT molecular complexity index is 428. The van der Waals surface area contributed by atoms with E-state index < -0.39 is 0 Å². The minimum absolute atomic E-state index is 0.0113. The molecule has 0 aliphatic carbocycles. The average molecular weight is 252 g/mol. The van der Waals surface area contributed by atoms with Gasteiger partial charge in [0, 0.05) is 13.2 Å². The van der Waals surface area contributed by atoms with Crippen molar-refractivity contribution in [2.45, 2.75) is 39.3 Å². The van der Waals surface area contributed by atoms with Gasteiger partial charge in [-0.05, 0) is 18.8 Å². The molecule has 2 atom stereocenters. The van der Waals surface area contributed by atoms with Crippen molar-refractivity contribution >= 4 is 5.78 Å². The van der Waals surface area contributed by atoms with Gasteiger partial charge in [0.1, 0.15) is 11.8 Å². The lowest BCUT2D eigenvalue weighted by molar-refractivity contribution is 0.0565. The van der Waals surface area contributed by atoms with Gasteiger partial charge in [0.25, 0.3) is 0 Å². The Balaban J connectivity index is 2.30. The first-order valence-corrected chi connectivity index (χ1v) is 6.44. The van der Waals surface area contributed by atoms with Gasteiger partial charge in [-0.2, -0.15) is 5.10 Å². The van der Waals surface area contributed by atoms with Crippen molar-refractivity contribution in [2.24, 2.45) is 5.92 Å². The maximum atomic E-state index is 12.5. The fraction of sp³-hybridized carbons (Fsp3) is 0.692. The van der Waals surface area contributed by atoms with Crippen LogP contribution in [0.15, 0.2) is 6.20 Å². The first-order valence-electron chi connectivity index (χ1n) is 6.44. The fourth-order valence-corrected chi connectivity index (χ4v) is 2.31. The Morgan fingerprint density at radius 3 is 3.00 bits per heavy atom. The molecule has 0 radical (unpaired) electrons. The number of hydrogen-bond acceptors (Lipinski definition) is 4. The lowest BCUT2D eigenvalue weighted by Crippen LogP contribution is -2.28. The van der Waals surface area contributed by atoms with Crippen LogP contribution in [0.1, 0.15) is 37.2 Å². The highest BCUT2D eigenvalue weighted by molar-refractivity contribution is 6.00. The second-order valence-electron chi connectivity index (χ2n) is 4.71. The number of methoxy groups -OCH3 is 1. The van der Waals surface area contributed by atoms with Gasteiger partial charge in [0.2, 0.25) is 5.78 Å². The highest BCUT2D eigenvalue weighted by Crippen LogP contribution is 2.27. The average Bonchev–Trinajstić information content (AvgIpc) is 2.95. The molecular weight excluding hydrogens is 232 g/mol. The topological polar surface area (TPSA) is 53.4 Å². The molecule has 1 aliphatic rings. The van der Waals surface area contributed by atoms with Gasteiger partial charge in [-0.25, -0.2) is 0 Å². The van der Waals surface area contributed by atoms with Crippen LogP contribution < -0.4 is 4.74 Å². The minimum Gasteiger partial charge on any atom is -0.493 e. The van der Waals surface area contributed by atoms with Crippen LogP contribution in [-0.2, 0) is 11.3 Å². The summed E-state index contributed by atoms with van der Waals surface area (Å²) in [5.41, 5.74) is 0.540. The van der Waals surface area contributed by atoms with Crippen LogP contribution in [0, 0.1) is 5.92 Å². The molecule has 1 aromatic rings. The van der Waals surface area contributed by atoms with E-state index in [9.17, 15) is 4.79 Å². The minimum atomic E-state index is -0.355. The van der Waals surface area contributed by atoms with Gasteiger partial charge < -0.3 is 9.47 Å². The molecule has 2 rings (SSSR count). The fourth-order valence-electron chi connectivity index (χ4n) is 2.31. The molecule has 18 heavy (non-hydrogen) atoms. The third kappa shape index (κ3) is 2.27. The molecular formula is C13H20N2O3. The lowest BCUT2D eigenvalue weighted by atomic mass is 9.98. The Morgan fingerprint density at radius 2 is 2.44 bits per heavy atom. The summed E-state index contributed by atoms with van der Waals surface area (Å²) < 4.78 is 12.5. The zero-order valence-electron chi connectivity index (χ0n) is 11.2. The summed E-state index contributed by atoms with van der Waals surface area (Å²) in [7, 11) is 1.56. The summed E-state index contributed by atoms with van der Waals surface area (Å²) in [6.45, 7) is 5.47. The van der Waals surface area contributed by atoms with Crippen LogP contribution in [0.2, 0.25) is 0 Å². The molecule has 0 bridgehead atoms. The number of rotatable bonds is 5. The predicted octanol–water partition coefficient (Wildman–Crippen LogP) is 1.91. The largest absolute Gasteiger partial charge is 0.493 e. The summed E-state index contributed by atoms with van der Waals surface area (Å²) >= 11 is 0. The molecule has 100 valence electrons. The van der Waals surface area contributed by atoms with Gasteiger partial charge in [-0.15, -0.1) is 0 Å². The van der Waals surface area contributed by atoms with E-state index in [1.54, 1.807) is 18.0 Å². The molecule has 2 heterocycles. The molecule has 0 aromatic carbocycles. The van der Waals surface area contributed by atoms with Crippen LogP contribution in [0.5, 0.6) is 5.75 Å². The Kier molecular flexibility index (Phi) is 4.01. The third-order valence-corrected chi connectivity index (χ3v) is 3.34. The first-order chi connectivity index (χ1) is 8.69. The van der Waals surface area contributed by atoms with Gasteiger partial charge >= 0.3 is 0 Å². The summed E-state index contributed by atoms with van der Waals surface area (Å²) in [5, 5.41) is 4.21. The van der Waals surface area contributed by atoms with Crippen molar-refractivity contribution in [3.8, 4) is 5.75 Å². The predicted molar refractivity (Wildman–Crippen MR) is 66.9 cm³/mol. The van der Waals surface area contributed by atoms with E-state index in [1.165, 1.54) is 0 Å². The zero-order valence-corrected chi connectivity index (χ0v) is 11.2. The third-order valence-electron chi connectivity index (χ3n) is 3.34. The second kappa shape index (κ2) is 5.52. The number of hydrogen-bond donors (Lipinski definition) is 0. The highest BCUT2D eigenvalue weighted by Gasteiger charge is 2.35. The van der Waals surface area contributed by atoms with Crippen LogP contribution in [0.25, 0.3) is 0 Å². The summed E-state index contributed by atoms with van der Waals surface area (Å²) in [6.07, 6.45) is 3.10. The Morgan fingerprint density at radius 1 is 1.67 bits per heavy atom. The normalized spacial score (nSPS) is 23.3. The molecule has 1 fully saturated rings. The quantitative estimate of drug-likeness (QED) is 0.751. The first kappa shape index (κ1) is 13.1. The van der Waals surface area contributed by atoms with E-state index in [0.29, 0.717) is 24.6 Å². The summed E-state index contributed by atoms with van der Waals surface area (Å²) in [6, 6.07) is 0. The number of carbonyl (C=O) groups excluding carboxylic acids is 1. The maximum Gasteiger partial charge on any atom is 0.213 e. The van der Waals surface area contributed by atoms with E-state index in [4.69, 9.17) is 9.47 Å². The molecule has 0 amide bonds. The van der Waals surface area contributed by atoms with Crippen molar-refractivity contribution < 1.29 is 14.3 Å². The molecule has 2 unspecified atom stereocenters. The summed E-state index contributed by atoms with van der Waals surface area (Å²) in [4.78, 5) is 12.5. The molecule has 5 nitrogen and oxygen atoms in total. The molecule has 1 aromatic heterocycles. The van der Waals surface area contributed by atoms with E-state index in [-0.39, 0.29) is 17.8 Å². The standard InChI is InChI=1S/C13H20N2O3/c1-4-6-15-11(10(17-3)8-14-15)12(16)13-9(2)5-7-18-13/h8-9,13H,4-7H2,1-3H3. The van der Waals surface area contributed by atoms with E-state index >= 15 is 0 Å². The molecule has 0 saturated carbocycles. The van der Waals surface area contributed by atoms with Crippen molar-refractivity contribution in [3.63, 3.8) is 0 Å². The van der Waals surface area contributed by atoms with Crippen LogP contribution in [-0.4, -0.2) is 35.4 Å². The molecule has 0 spiro atoms. The SMILES string of the molecule is CCCn1ncc(OC)c1C(=O)C1OCCC1C. The van der Waals surface area contributed by atoms with Crippen molar-refractivity contribution in [1.29, 1.82) is 0 Å². The second-order valence-corrected chi connectivity index (χ2v) is 4.71. The zero-order chi connectivity index (χ0) is 13.1. The Hall–Kier alpha value is -1.36. The smallest absolute Gasteiger partial charge is 0.213 e.